The topological polar surface area (TPSA) is 93.7 Å². The van der Waals surface area contributed by atoms with Crippen molar-refractivity contribution in [1.82, 2.24) is 9.97 Å². The predicted molar refractivity (Wildman–Crippen MR) is 96.4 cm³/mol. The van der Waals surface area contributed by atoms with Crippen LogP contribution in [0.4, 0.5) is 11.8 Å². The fourth-order valence-corrected chi connectivity index (χ4v) is 3.29. The summed E-state index contributed by atoms with van der Waals surface area (Å²) < 4.78 is 10.9. The van der Waals surface area contributed by atoms with Crippen molar-refractivity contribution in [2.24, 2.45) is 0 Å². The minimum absolute atomic E-state index is 0.0319. The first-order valence-electron chi connectivity index (χ1n) is 8.01. The average Bonchev–Trinajstić information content (AvgIpc) is 2.81. The number of benzene rings is 1. The molecule has 0 saturated carbocycles. The smallest absolute Gasteiger partial charge is 0.222 e. The molecule has 8 heteroatoms. The third-order valence-electron chi connectivity index (χ3n) is 4.15. The first-order valence-corrected chi connectivity index (χ1v) is 8.39. The summed E-state index contributed by atoms with van der Waals surface area (Å²) >= 11 is 6.45. The number of hydrogen-bond acceptors (Lipinski definition) is 7. The molecule has 1 aliphatic heterocycles. The zero-order chi connectivity index (χ0) is 18.0. The van der Waals surface area contributed by atoms with Crippen LogP contribution in [0.15, 0.2) is 18.2 Å². The van der Waals surface area contributed by atoms with Crippen LogP contribution >= 0.6 is 11.6 Å². The van der Waals surface area contributed by atoms with E-state index in [0.29, 0.717) is 29.8 Å². The van der Waals surface area contributed by atoms with Crippen molar-refractivity contribution in [2.45, 2.75) is 19.4 Å². The highest BCUT2D eigenvalue weighted by Crippen LogP contribution is 2.39. The van der Waals surface area contributed by atoms with Gasteiger partial charge < -0.3 is 25.2 Å². The van der Waals surface area contributed by atoms with Gasteiger partial charge >= 0.3 is 0 Å². The monoisotopic (exact) mass is 364 g/mol. The van der Waals surface area contributed by atoms with E-state index >= 15 is 0 Å². The van der Waals surface area contributed by atoms with E-state index in [1.165, 1.54) is 7.11 Å². The molecular formula is C17H21ClN4O3. The Bertz CT molecular complexity index is 752. The molecule has 0 aliphatic carbocycles. The Hall–Kier alpha value is -2.25. The van der Waals surface area contributed by atoms with Gasteiger partial charge in [-0.15, -0.1) is 0 Å². The van der Waals surface area contributed by atoms with Gasteiger partial charge in [0, 0.05) is 36.0 Å². The lowest BCUT2D eigenvalue weighted by Gasteiger charge is -2.31. The number of hydrogen-bond donors (Lipinski definition) is 2. The van der Waals surface area contributed by atoms with Crippen LogP contribution in [0.3, 0.4) is 0 Å². The minimum Gasteiger partial charge on any atom is -0.504 e. The molecule has 2 heterocycles. The Labute approximate surface area is 151 Å². The van der Waals surface area contributed by atoms with Gasteiger partial charge in [0.25, 0.3) is 0 Å². The van der Waals surface area contributed by atoms with E-state index in [2.05, 4.69) is 14.9 Å². The van der Waals surface area contributed by atoms with Crippen LogP contribution in [-0.2, 0) is 4.74 Å². The van der Waals surface area contributed by atoms with Crippen molar-refractivity contribution >= 4 is 23.4 Å². The number of ether oxygens (including phenoxy) is 2. The molecule has 2 aromatic rings. The minimum atomic E-state index is -0.208. The van der Waals surface area contributed by atoms with Crippen molar-refractivity contribution in [1.29, 1.82) is 0 Å². The zero-order valence-corrected chi connectivity index (χ0v) is 15.0. The van der Waals surface area contributed by atoms with E-state index in [0.717, 1.165) is 24.2 Å². The molecule has 134 valence electrons. The van der Waals surface area contributed by atoms with Crippen molar-refractivity contribution in [2.75, 3.05) is 37.5 Å². The molecule has 1 aliphatic rings. The molecule has 1 atom stereocenters. The fourth-order valence-electron chi connectivity index (χ4n) is 3.01. The van der Waals surface area contributed by atoms with Gasteiger partial charge in [-0.2, -0.15) is 4.98 Å². The molecular weight excluding hydrogens is 344 g/mol. The molecule has 7 nitrogen and oxygen atoms in total. The lowest BCUT2D eigenvalue weighted by Crippen LogP contribution is -2.32. The average molecular weight is 365 g/mol. The van der Waals surface area contributed by atoms with Crippen molar-refractivity contribution in [3.63, 3.8) is 0 Å². The Kier molecular flexibility index (Phi) is 5.15. The molecule has 0 bridgehead atoms. The summed E-state index contributed by atoms with van der Waals surface area (Å²) in [4.78, 5) is 10.6. The molecule has 1 fully saturated rings. The Balaban J connectivity index is 2.06. The molecule has 0 unspecified atom stereocenters. The number of nitrogen functional groups attached to an aromatic ring is 1. The van der Waals surface area contributed by atoms with E-state index in [4.69, 9.17) is 26.8 Å². The van der Waals surface area contributed by atoms with E-state index in [1.807, 2.05) is 13.0 Å². The zero-order valence-electron chi connectivity index (χ0n) is 14.2. The van der Waals surface area contributed by atoms with Crippen LogP contribution in [0, 0.1) is 6.92 Å². The van der Waals surface area contributed by atoms with Gasteiger partial charge in [-0.3, -0.25) is 0 Å². The van der Waals surface area contributed by atoms with Gasteiger partial charge in [-0.1, -0.05) is 11.6 Å². The summed E-state index contributed by atoms with van der Waals surface area (Å²) in [6.07, 6.45) is 0.846. The number of methoxy groups -OCH3 is 1. The van der Waals surface area contributed by atoms with Crippen molar-refractivity contribution in [3.8, 4) is 11.5 Å². The number of aryl methyl sites for hydroxylation is 1. The molecule has 1 aromatic heterocycles. The Morgan fingerprint density at radius 1 is 1.36 bits per heavy atom. The number of phenolic OH excluding ortho intramolecular Hbond substituents is 1. The van der Waals surface area contributed by atoms with Crippen LogP contribution in [-0.4, -0.2) is 41.9 Å². The normalized spacial score (nSPS) is 18.0. The van der Waals surface area contributed by atoms with Crippen LogP contribution < -0.4 is 15.4 Å². The third-order valence-corrected chi connectivity index (χ3v) is 4.48. The van der Waals surface area contributed by atoms with Gasteiger partial charge in [0.1, 0.15) is 5.82 Å². The predicted octanol–water partition coefficient (Wildman–Crippen LogP) is 2.70. The van der Waals surface area contributed by atoms with E-state index < -0.39 is 0 Å². The third kappa shape index (κ3) is 3.72. The van der Waals surface area contributed by atoms with Crippen LogP contribution in [0.2, 0.25) is 5.02 Å². The van der Waals surface area contributed by atoms with Gasteiger partial charge in [0.2, 0.25) is 5.95 Å². The highest BCUT2D eigenvalue weighted by Gasteiger charge is 2.28. The number of nitrogens with two attached hydrogens (primary N) is 1. The summed E-state index contributed by atoms with van der Waals surface area (Å²) in [5.41, 5.74) is 7.35. The lowest BCUT2D eigenvalue weighted by molar-refractivity contribution is 0.134. The number of rotatable bonds is 3. The summed E-state index contributed by atoms with van der Waals surface area (Å²) in [6, 6.07) is 4.90. The second-order valence-corrected chi connectivity index (χ2v) is 6.32. The van der Waals surface area contributed by atoms with E-state index in [1.54, 1.807) is 12.1 Å². The quantitative estimate of drug-likeness (QED) is 0.864. The van der Waals surface area contributed by atoms with Gasteiger partial charge in [0.05, 0.1) is 19.8 Å². The second kappa shape index (κ2) is 7.33. The summed E-state index contributed by atoms with van der Waals surface area (Å²) in [7, 11) is 1.48. The Morgan fingerprint density at radius 3 is 2.88 bits per heavy atom. The molecule has 25 heavy (non-hydrogen) atoms. The lowest BCUT2D eigenvalue weighted by atomic mass is 10.0. The maximum atomic E-state index is 10.2. The maximum absolute atomic E-state index is 10.2. The standard InChI is InChI=1S/C17H21ClN4O3/c1-10-6-16(21-17(19)20-10)22-4-3-5-25-9-13(22)11-7-14(23)15(24-2)8-12(11)18/h6-8,13,23H,3-5,9H2,1-2H3,(H2,19,20,21)/t13-/m1/s1. The number of anilines is 2. The molecule has 1 aromatic carbocycles. The second-order valence-electron chi connectivity index (χ2n) is 5.91. The van der Waals surface area contributed by atoms with Gasteiger partial charge in [-0.25, -0.2) is 4.98 Å². The van der Waals surface area contributed by atoms with Crippen LogP contribution in [0.1, 0.15) is 23.7 Å². The molecule has 0 radical (unpaired) electrons. The largest absolute Gasteiger partial charge is 0.504 e. The van der Waals surface area contributed by atoms with Crippen LogP contribution in [0.25, 0.3) is 0 Å². The van der Waals surface area contributed by atoms with Gasteiger partial charge in [-0.05, 0) is 25.0 Å². The number of nitrogens with zero attached hydrogens (tertiary/aromatic N) is 3. The summed E-state index contributed by atoms with van der Waals surface area (Å²) in [5, 5.41) is 10.7. The number of phenols is 1. The highest BCUT2D eigenvalue weighted by atomic mass is 35.5. The van der Waals surface area contributed by atoms with Crippen molar-refractivity contribution < 1.29 is 14.6 Å². The molecule has 1 saturated heterocycles. The summed E-state index contributed by atoms with van der Waals surface area (Å²) in [5.74, 6) is 1.30. The maximum Gasteiger partial charge on any atom is 0.222 e. The highest BCUT2D eigenvalue weighted by molar-refractivity contribution is 6.31. The van der Waals surface area contributed by atoms with Gasteiger partial charge in [0.15, 0.2) is 11.5 Å². The van der Waals surface area contributed by atoms with E-state index in [9.17, 15) is 5.11 Å². The molecule has 0 spiro atoms. The number of halogens is 1. The first-order chi connectivity index (χ1) is 12.0. The van der Waals surface area contributed by atoms with E-state index in [-0.39, 0.29) is 17.7 Å². The fraction of sp³-hybridized carbons (Fsp3) is 0.412. The number of aromatic nitrogens is 2. The summed E-state index contributed by atoms with van der Waals surface area (Å²) in [6.45, 7) is 3.67. The molecule has 3 N–H and O–H groups in total. The first kappa shape index (κ1) is 17.6. The number of aromatic hydroxyl groups is 1. The Morgan fingerprint density at radius 2 is 2.16 bits per heavy atom. The molecule has 3 rings (SSSR count). The SMILES string of the molecule is COc1cc(Cl)c([C@H]2COCCCN2c2cc(C)nc(N)n2)cc1O. The molecule has 0 amide bonds. The van der Waals surface area contributed by atoms with Crippen LogP contribution in [0.5, 0.6) is 11.5 Å². The van der Waals surface area contributed by atoms with Crippen molar-refractivity contribution in [3.05, 3.63) is 34.5 Å².